The standard InChI is InChI=1S/C42H78NO8P/c1-6-8-10-12-14-15-16-17-18-19-20-22-27-31-36-48-41(39-51-52(46,47)50-37-35-43(3,4)5)38-49-42(45)34-30-26-23-25-29-33-40(44)32-28-24-21-13-11-9-7-2/h9,11,21,24,28,31-32,36,40-41,44H,6-8,10,12-20,22-23,25-27,29-30,33-35,37-39H2,1-5H3/p+1/b11-9+,24-21+,32-28+,36-31+/t40?,41-/m1/s1. The Bertz CT molecular complexity index is 991. The summed E-state index contributed by atoms with van der Waals surface area (Å²) in [5, 5.41) is 10.1. The lowest BCUT2D eigenvalue weighted by Crippen LogP contribution is -2.37. The maximum absolute atomic E-state index is 12.5. The predicted molar refractivity (Wildman–Crippen MR) is 216 cm³/mol. The number of hydrogen-bond donors (Lipinski definition) is 2. The lowest BCUT2D eigenvalue weighted by atomic mass is 10.0. The molecule has 2 N–H and O–H groups in total. The van der Waals surface area contributed by atoms with Gasteiger partial charge in [0.15, 0.2) is 6.10 Å². The number of carbonyl (C=O) groups excluding carboxylic acids is 1. The molecule has 0 aliphatic rings. The first-order chi connectivity index (χ1) is 25.0. The number of hydrogen-bond acceptors (Lipinski definition) is 7. The van der Waals surface area contributed by atoms with E-state index in [2.05, 4.69) is 32.1 Å². The fraction of sp³-hybridized carbons (Fsp3) is 0.786. The molecule has 0 aliphatic carbocycles. The highest BCUT2D eigenvalue weighted by Crippen LogP contribution is 2.43. The number of aliphatic hydroxyl groups excluding tert-OH is 1. The van der Waals surface area contributed by atoms with Crippen LogP contribution in [0.4, 0.5) is 0 Å². The first-order valence-electron chi connectivity index (χ1n) is 20.5. The van der Waals surface area contributed by atoms with Gasteiger partial charge in [0.25, 0.3) is 0 Å². The van der Waals surface area contributed by atoms with Gasteiger partial charge < -0.3 is 24.0 Å². The average molecular weight is 757 g/mol. The van der Waals surface area contributed by atoms with E-state index in [-0.39, 0.29) is 25.8 Å². The summed E-state index contributed by atoms with van der Waals surface area (Å²) in [7, 11) is 1.61. The normalized spacial score (nSPS) is 14.9. The van der Waals surface area contributed by atoms with Crippen LogP contribution in [0.25, 0.3) is 0 Å². The third kappa shape index (κ3) is 38.0. The number of unbranched alkanes of at least 4 members (excludes halogenated alkanes) is 16. The van der Waals surface area contributed by atoms with E-state index in [0.717, 1.165) is 57.8 Å². The Morgan fingerprint density at radius 3 is 1.98 bits per heavy atom. The zero-order valence-electron chi connectivity index (χ0n) is 33.9. The largest absolute Gasteiger partial charge is 0.492 e. The highest BCUT2D eigenvalue weighted by atomic mass is 31.2. The summed E-state index contributed by atoms with van der Waals surface area (Å²) in [5.74, 6) is -0.334. The second-order valence-electron chi connectivity index (χ2n) is 14.9. The molecule has 0 aromatic heterocycles. The minimum atomic E-state index is -4.28. The van der Waals surface area contributed by atoms with Crippen molar-refractivity contribution in [2.75, 3.05) is 47.5 Å². The van der Waals surface area contributed by atoms with Crippen LogP contribution in [0, 0.1) is 0 Å². The Hall–Kier alpha value is -1.74. The van der Waals surface area contributed by atoms with Crippen LogP contribution < -0.4 is 0 Å². The first-order valence-corrected chi connectivity index (χ1v) is 22.0. The van der Waals surface area contributed by atoms with Gasteiger partial charge in [-0.3, -0.25) is 13.8 Å². The van der Waals surface area contributed by atoms with Crippen molar-refractivity contribution in [3.8, 4) is 0 Å². The van der Waals surface area contributed by atoms with Crippen molar-refractivity contribution in [1.29, 1.82) is 0 Å². The molecular formula is C42H79NO8P+. The number of ether oxygens (including phenoxy) is 2. The summed E-state index contributed by atoms with van der Waals surface area (Å²) in [6.45, 7) is 4.65. The molecule has 10 heteroatoms. The van der Waals surface area contributed by atoms with Gasteiger partial charge in [-0.15, -0.1) is 0 Å². The number of aliphatic hydroxyl groups is 1. The summed E-state index contributed by atoms with van der Waals surface area (Å²) in [6.07, 6.45) is 38.3. The van der Waals surface area contributed by atoms with E-state index in [1.807, 2.05) is 45.4 Å². The molecule has 9 nitrogen and oxygen atoms in total. The van der Waals surface area contributed by atoms with Crippen molar-refractivity contribution < 1.29 is 42.4 Å². The van der Waals surface area contributed by atoms with Crippen LogP contribution >= 0.6 is 7.82 Å². The molecule has 3 atom stereocenters. The van der Waals surface area contributed by atoms with E-state index in [4.69, 9.17) is 18.5 Å². The van der Waals surface area contributed by atoms with Crippen molar-refractivity contribution in [3.63, 3.8) is 0 Å². The minimum Gasteiger partial charge on any atom is -0.492 e. The number of carbonyl (C=O) groups is 1. The van der Waals surface area contributed by atoms with Crippen molar-refractivity contribution >= 4 is 13.8 Å². The van der Waals surface area contributed by atoms with E-state index >= 15 is 0 Å². The molecule has 0 saturated heterocycles. The molecule has 2 unspecified atom stereocenters. The van der Waals surface area contributed by atoms with Gasteiger partial charge in [-0.05, 0) is 44.6 Å². The summed E-state index contributed by atoms with van der Waals surface area (Å²) < 4.78 is 34.6. The number of phosphoric ester groups is 1. The molecule has 0 aliphatic heterocycles. The highest BCUT2D eigenvalue weighted by molar-refractivity contribution is 7.47. The quantitative estimate of drug-likeness (QED) is 0.0123. The van der Waals surface area contributed by atoms with Gasteiger partial charge in [-0.2, -0.15) is 0 Å². The molecule has 52 heavy (non-hydrogen) atoms. The molecule has 0 saturated carbocycles. The zero-order chi connectivity index (χ0) is 38.6. The van der Waals surface area contributed by atoms with Crippen molar-refractivity contribution in [2.45, 2.75) is 167 Å². The second-order valence-corrected chi connectivity index (χ2v) is 16.4. The molecule has 0 bridgehead atoms. The topological polar surface area (TPSA) is 112 Å². The van der Waals surface area contributed by atoms with Gasteiger partial charge in [-0.25, -0.2) is 4.57 Å². The first kappa shape index (κ1) is 50.3. The lowest BCUT2D eigenvalue weighted by Gasteiger charge is -2.24. The molecule has 304 valence electrons. The van der Waals surface area contributed by atoms with Crippen LogP contribution in [0.1, 0.15) is 155 Å². The molecule has 0 aromatic carbocycles. The number of allylic oxidation sites excluding steroid dienone is 6. The maximum atomic E-state index is 12.5. The number of likely N-dealkylation sites (N-methyl/N-ethyl adjacent to an activating group) is 1. The summed E-state index contributed by atoms with van der Waals surface area (Å²) in [6, 6.07) is 0. The Labute approximate surface area is 319 Å². The van der Waals surface area contributed by atoms with Crippen LogP contribution in [-0.2, 0) is 27.9 Å². The molecule has 0 radical (unpaired) electrons. The van der Waals surface area contributed by atoms with Gasteiger partial charge in [0.05, 0.1) is 40.1 Å². The number of rotatable bonds is 37. The van der Waals surface area contributed by atoms with Gasteiger partial charge in [0, 0.05) is 6.42 Å². The molecule has 0 amide bonds. The Kier molecular flexibility index (Phi) is 33.8. The minimum absolute atomic E-state index is 0.0728. The van der Waals surface area contributed by atoms with Crippen LogP contribution in [0.2, 0.25) is 0 Å². The van der Waals surface area contributed by atoms with Crippen LogP contribution in [-0.4, -0.2) is 80.2 Å². The lowest BCUT2D eigenvalue weighted by molar-refractivity contribution is -0.870. The number of phosphoric acid groups is 1. The maximum Gasteiger partial charge on any atom is 0.472 e. The summed E-state index contributed by atoms with van der Waals surface area (Å²) in [5.41, 5.74) is 0. The van der Waals surface area contributed by atoms with E-state index in [1.54, 1.807) is 6.26 Å². The average Bonchev–Trinajstić information content (AvgIpc) is 3.09. The van der Waals surface area contributed by atoms with E-state index in [9.17, 15) is 19.4 Å². The molecule has 0 rings (SSSR count). The molecule has 0 fully saturated rings. The number of nitrogens with zero attached hydrogens (tertiary/aromatic N) is 1. The number of esters is 1. The third-order valence-electron chi connectivity index (χ3n) is 8.60. The fourth-order valence-electron chi connectivity index (χ4n) is 5.31. The molecular weight excluding hydrogens is 677 g/mol. The van der Waals surface area contributed by atoms with Crippen LogP contribution in [0.3, 0.4) is 0 Å². The SMILES string of the molecule is CC/C=C/C/C=C/C=C/C(O)CCCCCCCC(=O)OC[C@H](COP(=O)(O)OCC[N+](C)(C)C)O/C=C/CCCCCCCCCCCCCC. The predicted octanol–water partition coefficient (Wildman–Crippen LogP) is 10.9. The Morgan fingerprint density at radius 1 is 0.731 bits per heavy atom. The molecule has 0 spiro atoms. The second kappa shape index (κ2) is 35.0. The Morgan fingerprint density at radius 2 is 1.35 bits per heavy atom. The summed E-state index contributed by atoms with van der Waals surface area (Å²) in [4.78, 5) is 22.6. The highest BCUT2D eigenvalue weighted by Gasteiger charge is 2.25. The molecule has 0 heterocycles. The van der Waals surface area contributed by atoms with Crippen molar-refractivity contribution in [1.82, 2.24) is 0 Å². The Balaban J connectivity index is 4.41. The fourth-order valence-corrected chi connectivity index (χ4v) is 6.05. The van der Waals surface area contributed by atoms with E-state index < -0.39 is 20.0 Å². The van der Waals surface area contributed by atoms with Crippen molar-refractivity contribution in [3.05, 3.63) is 48.8 Å². The van der Waals surface area contributed by atoms with Gasteiger partial charge in [0.2, 0.25) is 0 Å². The van der Waals surface area contributed by atoms with Gasteiger partial charge in [0.1, 0.15) is 19.8 Å². The van der Waals surface area contributed by atoms with Crippen LogP contribution in [0.15, 0.2) is 48.8 Å². The van der Waals surface area contributed by atoms with Gasteiger partial charge in [-0.1, -0.05) is 147 Å². The van der Waals surface area contributed by atoms with E-state index in [1.165, 1.54) is 70.6 Å². The third-order valence-corrected chi connectivity index (χ3v) is 9.58. The van der Waals surface area contributed by atoms with Gasteiger partial charge >= 0.3 is 13.8 Å². The molecule has 0 aromatic rings. The van der Waals surface area contributed by atoms with Crippen LogP contribution in [0.5, 0.6) is 0 Å². The number of quaternary nitrogens is 1. The zero-order valence-corrected chi connectivity index (χ0v) is 34.8. The monoisotopic (exact) mass is 757 g/mol. The van der Waals surface area contributed by atoms with Crippen molar-refractivity contribution in [2.24, 2.45) is 0 Å². The summed E-state index contributed by atoms with van der Waals surface area (Å²) >= 11 is 0. The van der Waals surface area contributed by atoms with E-state index in [0.29, 0.717) is 23.9 Å². The smallest absolute Gasteiger partial charge is 0.472 e.